The van der Waals surface area contributed by atoms with Gasteiger partial charge in [-0.3, -0.25) is 4.18 Å². The number of unbranched alkanes of at least 4 members (excludes halogenated alkanes) is 3. The summed E-state index contributed by atoms with van der Waals surface area (Å²) in [5, 5.41) is 0. The van der Waals surface area contributed by atoms with Crippen LogP contribution in [0.1, 0.15) is 52.9 Å². The second-order valence-corrected chi connectivity index (χ2v) is 5.49. The van der Waals surface area contributed by atoms with Crippen LogP contribution in [0.25, 0.3) is 0 Å². The second kappa shape index (κ2) is 7.23. The van der Waals surface area contributed by atoms with Crippen molar-refractivity contribution in [2.45, 2.75) is 59.0 Å². The van der Waals surface area contributed by atoms with E-state index in [1.54, 1.807) is 6.92 Å². The first-order chi connectivity index (χ1) is 6.52. The molecule has 1 unspecified atom stereocenters. The molecule has 0 radical (unpaired) electrons. The summed E-state index contributed by atoms with van der Waals surface area (Å²) in [5.41, 5.74) is 0. The van der Waals surface area contributed by atoms with Crippen molar-refractivity contribution < 1.29 is 12.6 Å². The van der Waals surface area contributed by atoms with Gasteiger partial charge in [0.2, 0.25) is 0 Å². The zero-order valence-electron chi connectivity index (χ0n) is 9.45. The predicted molar refractivity (Wildman–Crippen MR) is 58.8 cm³/mol. The summed E-state index contributed by atoms with van der Waals surface area (Å²) in [6.45, 7) is 5.57. The molecule has 0 N–H and O–H groups in total. The Balaban J connectivity index is 3.60. The fourth-order valence-electron chi connectivity index (χ4n) is 1.23. The highest BCUT2D eigenvalue weighted by Crippen LogP contribution is 2.10. The van der Waals surface area contributed by atoms with Crippen LogP contribution in [0.2, 0.25) is 0 Å². The van der Waals surface area contributed by atoms with Gasteiger partial charge in [0.15, 0.2) is 0 Å². The van der Waals surface area contributed by atoms with Gasteiger partial charge in [0.25, 0.3) is 10.1 Å². The number of rotatable bonds is 8. The van der Waals surface area contributed by atoms with Crippen LogP contribution in [-0.2, 0) is 14.3 Å². The second-order valence-electron chi connectivity index (χ2n) is 3.60. The molecule has 0 aromatic heterocycles. The molecule has 0 aromatic rings. The van der Waals surface area contributed by atoms with Crippen molar-refractivity contribution in [3.05, 3.63) is 0 Å². The van der Waals surface area contributed by atoms with Crippen LogP contribution in [0.5, 0.6) is 0 Å². The minimum Gasteiger partial charge on any atom is -0.267 e. The summed E-state index contributed by atoms with van der Waals surface area (Å²) < 4.78 is 27.1. The van der Waals surface area contributed by atoms with E-state index in [9.17, 15) is 8.42 Å². The summed E-state index contributed by atoms with van der Waals surface area (Å²) in [6.07, 6.45) is 5.29. The molecule has 0 amide bonds. The molecule has 0 aromatic carbocycles. The highest BCUT2D eigenvalue weighted by Gasteiger charge is 2.12. The molecule has 1 atom stereocenters. The van der Waals surface area contributed by atoms with E-state index < -0.39 is 10.1 Å². The van der Waals surface area contributed by atoms with Crippen LogP contribution in [0, 0.1) is 0 Å². The summed E-state index contributed by atoms with van der Waals surface area (Å²) in [7, 11) is -3.26. The van der Waals surface area contributed by atoms with E-state index in [0.717, 1.165) is 19.3 Å². The lowest BCUT2D eigenvalue weighted by Crippen LogP contribution is -2.16. The Morgan fingerprint density at radius 3 is 2.29 bits per heavy atom. The van der Waals surface area contributed by atoms with E-state index in [0.29, 0.717) is 0 Å². The fraction of sp³-hybridized carbons (Fsp3) is 1.00. The molecule has 3 nitrogen and oxygen atoms in total. The van der Waals surface area contributed by atoms with Crippen molar-refractivity contribution in [3.8, 4) is 0 Å². The lowest BCUT2D eigenvalue weighted by molar-refractivity contribution is 0.214. The van der Waals surface area contributed by atoms with Crippen molar-refractivity contribution in [2.24, 2.45) is 0 Å². The van der Waals surface area contributed by atoms with Crippen LogP contribution < -0.4 is 0 Å². The van der Waals surface area contributed by atoms with Gasteiger partial charge >= 0.3 is 0 Å². The average molecular weight is 222 g/mol. The quantitative estimate of drug-likeness (QED) is 0.468. The third kappa shape index (κ3) is 7.33. The van der Waals surface area contributed by atoms with E-state index in [-0.39, 0.29) is 11.9 Å². The molecule has 0 fully saturated rings. The van der Waals surface area contributed by atoms with Gasteiger partial charge < -0.3 is 0 Å². The van der Waals surface area contributed by atoms with Gasteiger partial charge in [0, 0.05) is 0 Å². The molecule has 0 aliphatic carbocycles. The topological polar surface area (TPSA) is 43.4 Å². The lowest BCUT2D eigenvalue weighted by atomic mass is 10.1. The maximum absolute atomic E-state index is 11.1. The van der Waals surface area contributed by atoms with Gasteiger partial charge in [-0.15, -0.1) is 0 Å². The van der Waals surface area contributed by atoms with Crippen molar-refractivity contribution >= 4 is 10.1 Å². The molecule has 0 bridgehead atoms. The molecule has 0 spiro atoms. The van der Waals surface area contributed by atoms with Crippen LogP contribution in [0.4, 0.5) is 0 Å². The molecule has 4 heteroatoms. The Morgan fingerprint density at radius 1 is 1.14 bits per heavy atom. The van der Waals surface area contributed by atoms with Crippen LogP contribution in [0.3, 0.4) is 0 Å². The minimum atomic E-state index is -3.26. The summed E-state index contributed by atoms with van der Waals surface area (Å²) >= 11 is 0. The van der Waals surface area contributed by atoms with Gasteiger partial charge in [-0.05, 0) is 20.3 Å². The van der Waals surface area contributed by atoms with Crippen LogP contribution in [-0.4, -0.2) is 20.3 Å². The first-order valence-electron chi connectivity index (χ1n) is 5.42. The van der Waals surface area contributed by atoms with Crippen molar-refractivity contribution in [1.82, 2.24) is 0 Å². The standard InChI is InChI=1S/C10H22O3S/c1-4-6-7-8-9-10(3)13-14(11,12)5-2/h10H,4-9H2,1-3H3. The molecular weight excluding hydrogens is 200 g/mol. The molecule has 14 heavy (non-hydrogen) atoms. The van der Waals surface area contributed by atoms with Crippen LogP contribution >= 0.6 is 0 Å². The fourth-order valence-corrected chi connectivity index (χ4v) is 1.96. The van der Waals surface area contributed by atoms with E-state index in [2.05, 4.69) is 6.92 Å². The third-order valence-electron chi connectivity index (χ3n) is 2.13. The number of hydrogen-bond donors (Lipinski definition) is 0. The lowest BCUT2D eigenvalue weighted by Gasteiger charge is -2.11. The van der Waals surface area contributed by atoms with Gasteiger partial charge in [-0.25, -0.2) is 0 Å². The summed E-state index contributed by atoms with van der Waals surface area (Å²) in [4.78, 5) is 0. The first-order valence-corrected chi connectivity index (χ1v) is 7.00. The third-order valence-corrected chi connectivity index (χ3v) is 3.46. The molecule has 0 saturated carbocycles. The summed E-state index contributed by atoms with van der Waals surface area (Å²) in [5.74, 6) is 0.0618. The van der Waals surface area contributed by atoms with E-state index in [1.165, 1.54) is 12.8 Å². The molecule has 0 aliphatic rings. The monoisotopic (exact) mass is 222 g/mol. The van der Waals surface area contributed by atoms with Crippen molar-refractivity contribution in [1.29, 1.82) is 0 Å². The van der Waals surface area contributed by atoms with Gasteiger partial charge in [-0.2, -0.15) is 8.42 Å². The largest absolute Gasteiger partial charge is 0.267 e. The zero-order chi connectivity index (χ0) is 11.0. The molecule has 0 rings (SSSR count). The molecule has 86 valence electrons. The van der Waals surface area contributed by atoms with Crippen LogP contribution in [0.15, 0.2) is 0 Å². The highest BCUT2D eigenvalue weighted by atomic mass is 32.2. The maximum Gasteiger partial charge on any atom is 0.267 e. The Labute approximate surface area is 88.0 Å². The van der Waals surface area contributed by atoms with E-state index >= 15 is 0 Å². The summed E-state index contributed by atoms with van der Waals surface area (Å²) in [6, 6.07) is 0. The molecular formula is C10H22O3S. The van der Waals surface area contributed by atoms with Crippen molar-refractivity contribution in [2.75, 3.05) is 5.75 Å². The molecule has 0 heterocycles. The maximum atomic E-state index is 11.1. The Bertz CT molecular complexity index is 222. The van der Waals surface area contributed by atoms with Gasteiger partial charge in [0.05, 0.1) is 11.9 Å². The zero-order valence-corrected chi connectivity index (χ0v) is 10.3. The highest BCUT2D eigenvalue weighted by molar-refractivity contribution is 7.86. The Hall–Kier alpha value is -0.0900. The van der Waals surface area contributed by atoms with E-state index in [1.807, 2.05) is 6.92 Å². The minimum absolute atomic E-state index is 0.0618. The molecule has 0 saturated heterocycles. The SMILES string of the molecule is CCCCCCC(C)OS(=O)(=O)CC. The van der Waals surface area contributed by atoms with E-state index in [4.69, 9.17) is 4.18 Å². The average Bonchev–Trinajstić information content (AvgIpc) is 2.12. The normalized spacial score (nSPS) is 14.2. The Kier molecular flexibility index (Phi) is 7.19. The van der Waals surface area contributed by atoms with Gasteiger partial charge in [0.1, 0.15) is 0 Å². The van der Waals surface area contributed by atoms with Gasteiger partial charge in [-0.1, -0.05) is 32.6 Å². The predicted octanol–water partition coefficient (Wildman–Crippen LogP) is 2.71. The number of hydrogen-bond acceptors (Lipinski definition) is 3. The first kappa shape index (κ1) is 13.9. The molecule has 0 aliphatic heterocycles. The smallest absolute Gasteiger partial charge is 0.267 e. The van der Waals surface area contributed by atoms with Crippen molar-refractivity contribution in [3.63, 3.8) is 0 Å². The Morgan fingerprint density at radius 2 is 1.79 bits per heavy atom.